The number of allylic oxidation sites excluding steroid dienone is 10. The quantitative estimate of drug-likeness (QED) is 0.00956. The smallest absolute Gasteiger partial charge is 0.462 e. The average Bonchev–Trinajstić information content (AvgIpc) is 3.30. The Morgan fingerprint density at radius 1 is 0.552 bits per heavy atom. The summed E-state index contributed by atoms with van der Waals surface area (Å²) in [4.78, 5) is 35.8. The van der Waals surface area contributed by atoms with Crippen LogP contribution < -0.4 is 0 Å². The number of hydrogen-bond acceptors (Lipinski definition) is 14. The molecule has 0 heterocycles. The van der Waals surface area contributed by atoms with Gasteiger partial charge < -0.3 is 50.1 Å². The molecule has 15 nitrogen and oxygen atoms in total. The number of carbonyl (C=O) groups is 2. The molecule has 0 saturated heterocycles. The molecule has 384 valence electrons. The van der Waals surface area contributed by atoms with Crippen LogP contribution in [0.25, 0.3) is 0 Å². The normalized spacial score (nSPS) is 22.8. The van der Waals surface area contributed by atoms with E-state index in [-0.39, 0.29) is 12.8 Å². The molecule has 0 aliphatic heterocycles. The zero-order valence-electron chi connectivity index (χ0n) is 40.1. The van der Waals surface area contributed by atoms with Crippen molar-refractivity contribution in [3.05, 3.63) is 85.1 Å². The number of phosphoric acid groups is 1. The van der Waals surface area contributed by atoms with Crippen molar-refractivity contribution in [3.63, 3.8) is 0 Å². The molecule has 16 heteroatoms. The Morgan fingerprint density at radius 3 is 1.61 bits per heavy atom. The molecule has 0 bridgehead atoms. The molecule has 0 amide bonds. The summed E-state index contributed by atoms with van der Waals surface area (Å²) in [5, 5.41) is 70.2. The van der Waals surface area contributed by atoms with Crippen molar-refractivity contribution in [2.45, 2.75) is 210 Å². The van der Waals surface area contributed by atoms with Crippen LogP contribution in [0.1, 0.15) is 155 Å². The second-order valence-corrected chi connectivity index (χ2v) is 18.4. The number of rotatable bonds is 39. The number of unbranched alkanes of at least 4 members (excludes halogenated alkanes) is 13. The summed E-state index contributed by atoms with van der Waals surface area (Å²) in [7, 11) is -5.17. The van der Waals surface area contributed by atoms with E-state index in [1.54, 1.807) is 42.5 Å². The van der Waals surface area contributed by atoms with Crippen molar-refractivity contribution in [1.82, 2.24) is 0 Å². The highest BCUT2D eigenvalue weighted by molar-refractivity contribution is 7.47. The van der Waals surface area contributed by atoms with Crippen LogP contribution in [0.5, 0.6) is 0 Å². The van der Waals surface area contributed by atoms with Crippen LogP contribution in [0, 0.1) is 0 Å². The van der Waals surface area contributed by atoms with Gasteiger partial charge in [0.1, 0.15) is 43.2 Å². The van der Waals surface area contributed by atoms with Crippen molar-refractivity contribution in [2.24, 2.45) is 0 Å². The molecule has 1 aliphatic carbocycles. The molecular weight excluding hydrogens is 884 g/mol. The van der Waals surface area contributed by atoms with Gasteiger partial charge in [0.25, 0.3) is 0 Å². The predicted octanol–water partition coefficient (Wildman–Crippen LogP) is 8.00. The van der Waals surface area contributed by atoms with Crippen LogP contribution in [-0.4, -0.2) is 121 Å². The predicted molar refractivity (Wildman–Crippen MR) is 260 cm³/mol. The molecule has 1 saturated carbocycles. The van der Waals surface area contributed by atoms with Gasteiger partial charge in [0.05, 0.1) is 18.8 Å². The molecule has 1 aliphatic rings. The summed E-state index contributed by atoms with van der Waals surface area (Å²) < 4.78 is 33.4. The first-order valence-corrected chi connectivity index (χ1v) is 26.1. The summed E-state index contributed by atoms with van der Waals surface area (Å²) in [6.45, 7) is 2.95. The highest BCUT2D eigenvalue weighted by Gasteiger charge is 2.51. The lowest BCUT2D eigenvalue weighted by Gasteiger charge is -2.41. The number of phosphoric ester groups is 1. The first kappa shape index (κ1) is 62.0. The van der Waals surface area contributed by atoms with Gasteiger partial charge in [0.2, 0.25) is 0 Å². The van der Waals surface area contributed by atoms with E-state index >= 15 is 0 Å². The lowest BCUT2D eigenvalue weighted by Crippen LogP contribution is -2.64. The molecule has 0 radical (unpaired) electrons. The first-order valence-electron chi connectivity index (χ1n) is 24.6. The Bertz CT molecular complexity index is 1530. The molecular formula is C51H85O15P. The third kappa shape index (κ3) is 32.4. The Hall–Kier alpha value is -3.05. The minimum absolute atomic E-state index is 0.0195. The lowest BCUT2D eigenvalue weighted by atomic mass is 9.85. The average molecular weight is 969 g/mol. The van der Waals surface area contributed by atoms with Crippen molar-refractivity contribution in [3.8, 4) is 0 Å². The summed E-state index contributed by atoms with van der Waals surface area (Å²) >= 11 is 0. The number of aliphatic hydroxyl groups is 7. The van der Waals surface area contributed by atoms with Crippen molar-refractivity contribution in [1.29, 1.82) is 0 Å². The van der Waals surface area contributed by atoms with Gasteiger partial charge in [-0.15, -0.1) is 0 Å². The fourth-order valence-electron chi connectivity index (χ4n) is 6.89. The highest BCUT2D eigenvalue weighted by Crippen LogP contribution is 2.47. The fourth-order valence-corrected chi connectivity index (χ4v) is 7.87. The number of aliphatic hydroxyl groups excluding tert-OH is 7. The van der Waals surface area contributed by atoms with E-state index in [0.29, 0.717) is 32.1 Å². The van der Waals surface area contributed by atoms with E-state index in [4.69, 9.17) is 18.5 Å². The maximum atomic E-state index is 12.8. The van der Waals surface area contributed by atoms with Gasteiger partial charge >= 0.3 is 19.8 Å². The Morgan fingerprint density at radius 2 is 1.04 bits per heavy atom. The molecule has 1 rings (SSSR count). The van der Waals surface area contributed by atoms with Crippen LogP contribution >= 0.6 is 7.82 Å². The van der Waals surface area contributed by atoms with Crippen LogP contribution in [0.15, 0.2) is 85.1 Å². The zero-order chi connectivity index (χ0) is 49.5. The van der Waals surface area contributed by atoms with Crippen molar-refractivity contribution >= 4 is 19.8 Å². The van der Waals surface area contributed by atoms with E-state index in [2.05, 4.69) is 19.1 Å². The van der Waals surface area contributed by atoms with Gasteiger partial charge in [0, 0.05) is 12.8 Å². The van der Waals surface area contributed by atoms with Gasteiger partial charge in [-0.1, -0.05) is 163 Å². The summed E-state index contributed by atoms with van der Waals surface area (Å²) in [6.07, 6.45) is 31.2. The number of ether oxygens (including phenoxy) is 2. The van der Waals surface area contributed by atoms with E-state index in [1.165, 1.54) is 38.5 Å². The monoisotopic (exact) mass is 969 g/mol. The Balaban J connectivity index is 2.54. The molecule has 67 heavy (non-hydrogen) atoms. The van der Waals surface area contributed by atoms with Crippen LogP contribution in [-0.2, 0) is 32.7 Å². The van der Waals surface area contributed by atoms with Crippen LogP contribution in [0.2, 0.25) is 0 Å². The lowest BCUT2D eigenvalue weighted by molar-refractivity contribution is -0.220. The fraction of sp³-hybridized carbons (Fsp3) is 0.686. The minimum Gasteiger partial charge on any atom is -0.462 e. The summed E-state index contributed by atoms with van der Waals surface area (Å²) in [5.41, 5.74) is 0. The van der Waals surface area contributed by atoms with E-state index in [1.807, 2.05) is 37.3 Å². The van der Waals surface area contributed by atoms with E-state index < -0.39 is 87.9 Å². The Kier molecular flexibility index (Phi) is 36.8. The molecule has 3 unspecified atom stereocenters. The second-order valence-electron chi connectivity index (χ2n) is 17.0. The summed E-state index contributed by atoms with van der Waals surface area (Å²) in [5.74, 6) is -1.28. The zero-order valence-corrected chi connectivity index (χ0v) is 41.0. The SMILES string of the molecule is CC/C=C\C[C@@H](O)/C=C/C=C\C=C\[C@@H](O)C/C=C\C/C=C\CCC(=O)OC[C@H](COP(=O)(O)OC1[C@H](O)[C@H](O)C(O)[C@H](O)[C@H]1O)OC(=O)CCCCCCCCC/C=C\CCCCCCCC. The molecule has 0 aromatic rings. The second kappa shape index (κ2) is 39.8. The molecule has 10 atom stereocenters. The Labute approximate surface area is 400 Å². The van der Waals surface area contributed by atoms with Crippen molar-refractivity contribution in [2.75, 3.05) is 13.2 Å². The van der Waals surface area contributed by atoms with Gasteiger partial charge in [0.15, 0.2) is 6.10 Å². The molecule has 1 fully saturated rings. The molecule has 0 aromatic carbocycles. The minimum atomic E-state index is -5.17. The van der Waals surface area contributed by atoms with Gasteiger partial charge in [-0.2, -0.15) is 0 Å². The van der Waals surface area contributed by atoms with E-state index in [0.717, 1.165) is 57.8 Å². The van der Waals surface area contributed by atoms with Crippen LogP contribution in [0.3, 0.4) is 0 Å². The van der Waals surface area contributed by atoms with Crippen LogP contribution in [0.4, 0.5) is 0 Å². The van der Waals surface area contributed by atoms with Gasteiger partial charge in [-0.3, -0.25) is 18.6 Å². The van der Waals surface area contributed by atoms with Gasteiger partial charge in [-0.25, -0.2) is 4.57 Å². The largest absolute Gasteiger partial charge is 0.472 e. The highest BCUT2D eigenvalue weighted by atomic mass is 31.2. The number of esters is 2. The molecule has 8 N–H and O–H groups in total. The van der Waals surface area contributed by atoms with Gasteiger partial charge in [-0.05, 0) is 64.2 Å². The summed E-state index contributed by atoms with van der Waals surface area (Å²) in [6, 6.07) is 0. The topological polar surface area (TPSA) is 250 Å². The molecule has 0 aromatic heterocycles. The van der Waals surface area contributed by atoms with E-state index in [9.17, 15) is 54.8 Å². The third-order valence-electron chi connectivity index (χ3n) is 10.9. The standard InChI is InChI=1S/C51H85O15P/c1-3-5-7-8-9-10-11-12-13-14-15-16-17-18-19-24-32-38-45(55)65-43(40-64-67(61,62)66-51-49(59)47(57)46(56)48(58)50(51)60)39-63-44(54)37-31-23-21-20-22-28-34-42(53)36-30-26-25-29-35-41(52)33-27-6-4-2/h6,12-13,21-23,25-30,35-36,41-43,46-53,56-60H,3-5,7-11,14-20,24,31-34,37-40H2,1-2H3,(H,61,62)/b13-12-,23-21-,26-25-,27-6-,28-22-,35-29+,36-30+/t41-,42+,43-,46?,47-,48+,49-,50-,51?/m1/s1. The number of hydrogen-bond donors (Lipinski definition) is 8. The molecule has 0 spiro atoms. The maximum absolute atomic E-state index is 12.8. The van der Waals surface area contributed by atoms with Crippen molar-refractivity contribution < 1.29 is 73.3 Å². The number of carbonyl (C=O) groups excluding carboxylic acids is 2. The third-order valence-corrected chi connectivity index (χ3v) is 11.9. The maximum Gasteiger partial charge on any atom is 0.472 e. The first-order chi connectivity index (χ1) is 32.2.